The lowest BCUT2D eigenvalue weighted by atomic mass is 9.95. The second-order valence-electron chi connectivity index (χ2n) is 5.33. The quantitative estimate of drug-likeness (QED) is 0.769. The smallest absolute Gasteiger partial charge is 0.134 e. The van der Waals surface area contributed by atoms with E-state index in [4.69, 9.17) is 10.2 Å². The third kappa shape index (κ3) is 2.45. The Hall–Kier alpha value is -2.13. The molecular formula is C18H18FNO. The molecule has 0 radical (unpaired) electrons. The van der Waals surface area contributed by atoms with Crippen molar-refractivity contribution in [2.75, 3.05) is 0 Å². The van der Waals surface area contributed by atoms with Crippen molar-refractivity contribution < 1.29 is 8.81 Å². The van der Waals surface area contributed by atoms with Crippen molar-refractivity contribution in [3.05, 3.63) is 70.7 Å². The third-order valence-electron chi connectivity index (χ3n) is 3.77. The summed E-state index contributed by atoms with van der Waals surface area (Å²) in [4.78, 5) is 0. The van der Waals surface area contributed by atoms with Gasteiger partial charge in [-0.1, -0.05) is 31.2 Å². The Kier molecular flexibility index (Phi) is 3.52. The molecule has 3 aromatic rings. The van der Waals surface area contributed by atoms with Crippen molar-refractivity contribution in [2.24, 2.45) is 5.73 Å². The van der Waals surface area contributed by atoms with Crippen LogP contribution in [0, 0.1) is 12.7 Å². The number of furan rings is 1. The molecule has 1 atom stereocenters. The van der Waals surface area contributed by atoms with Gasteiger partial charge in [0.15, 0.2) is 0 Å². The van der Waals surface area contributed by atoms with Crippen molar-refractivity contribution >= 4 is 11.0 Å². The molecule has 0 bridgehead atoms. The summed E-state index contributed by atoms with van der Waals surface area (Å²) in [6.45, 7) is 3.90. The molecule has 2 nitrogen and oxygen atoms in total. The van der Waals surface area contributed by atoms with Crippen LogP contribution in [-0.4, -0.2) is 0 Å². The monoisotopic (exact) mass is 283 g/mol. The molecule has 0 fully saturated rings. The number of hydrogen-bond donors (Lipinski definition) is 1. The van der Waals surface area contributed by atoms with Crippen molar-refractivity contribution in [1.29, 1.82) is 0 Å². The zero-order valence-electron chi connectivity index (χ0n) is 12.2. The van der Waals surface area contributed by atoms with Crippen molar-refractivity contribution in [3.8, 4) is 0 Å². The predicted octanol–water partition coefficient (Wildman–Crippen LogP) is 4.49. The molecular weight excluding hydrogens is 265 g/mol. The molecule has 1 unspecified atom stereocenters. The number of aryl methyl sites for hydroxylation is 2. The Bertz CT molecular complexity index is 771. The van der Waals surface area contributed by atoms with Crippen LogP contribution in [0.15, 0.2) is 46.9 Å². The fourth-order valence-electron chi connectivity index (χ4n) is 2.83. The number of para-hydroxylation sites is 1. The minimum Gasteiger partial charge on any atom is -0.461 e. The van der Waals surface area contributed by atoms with Crippen molar-refractivity contribution in [3.63, 3.8) is 0 Å². The lowest BCUT2D eigenvalue weighted by Gasteiger charge is -2.14. The number of nitrogens with two attached hydrogens (primary N) is 1. The van der Waals surface area contributed by atoms with Gasteiger partial charge in [-0.3, -0.25) is 0 Å². The number of halogens is 1. The molecule has 0 saturated heterocycles. The summed E-state index contributed by atoms with van der Waals surface area (Å²) in [6.07, 6.45) is 0.756. The Morgan fingerprint density at radius 1 is 1.19 bits per heavy atom. The summed E-state index contributed by atoms with van der Waals surface area (Å²) in [7, 11) is 0. The van der Waals surface area contributed by atoms with Crippen LogP contribution in [0.2, 0.25) is 0 Å². The Labute approximate surface area is 123 Å². The van der Waals surface area contributed by atoms with Crippen LogP contribution in [-0.2, 0) is 6.42 Å². The highest BCUT2D eigenvalue weighted by Gasteiger charge is 2.20. The lowest BCUT2D eigenvalue weighted by Crippen LogP contribution is -2.13. The average molecular weight is 283 g/mol. The summed E-state index contributed by atoms with van der Waals surface area (Å²) in [5.74, 6) is 0.608. The minimum atomic E-state index is -0.391. The molecule has 0 spiro atoms. The molecule has 3 heteroatoms. The summed E-state index contributed by atoms with van der Waals surface area (Å²) >= 11 is 0. The second-order valence-corrected chi connectivity index (χ2v) is 5.33. The minimum absolute atomic E-state index is 0.258. The Balaban J connectivity index is 2.18. The van der Waals surface area contributed by atoms with E-state index in [0.29, 0.717) is 0 Å². The highest BCUT2D eigenvalue weighted by Crippen LogP contribution is 2.33. The largest absolute Gasteiger partial charge is 0.461 e. The maximum Gasteiger partial charge on any atom is 0.134 e. The van der Waals surface area contributed by atoms with E-state index in [1.807, 2.05) is 44.2 Å². The van der Waals surface area contributed by atoms with Gasteiger partial charge in [0.05, 0.1) is 6.04 Å². The SMILES string of the molecule is CCc1oc2ccccc2c1C(N)c1cc(C)cc(F)c1. The zero-order valence-corrected chi connectivity index (χ0v) is 12.2. The molecule has 1 aromatic heterocycles. The molecule has 0 saturated carbocycles. The van der Waals surface area contributed by atoms with E-state index in [-0.39, 0.29) is 5.82 Å². The fraction of sp³-hybridized carbons (Fsp3) is 0.222. The number of fused-ring (bicyclic) bond motifs is 1. The van der Waals surface area contributed by atoms with Gasteiger partial charge in [0.25, 0.3) is 0 Å². The fourth-order valence-corrected chi connectivity index (χ4v) is 2.83. The van der Waals surface area contributed by atoms with Gasteiger partial charge in [-0.2, -0.15) is 0 Å². The number of hydrogen-bond acceptors (Lipinski definition) is 2. The van der Waals surface area contributed by atoms with Crippen LogP contribution >= 0.6 is 0 Å². The van der Waals surface area contributed by atoms with E-state index in [0.717, 1.165) is 39.8 Å². The van der Waals surface area contributed by atoms with Gasteiger partial charge in [0.2, 0.25) is 0 Å². The van der Waals surface area contributed by atoms with E-state index in [2.05, 4.69) is 0 Å². The zero-order chi connectivity index (χ0) is 15.0. The van der Waals surface area contributed by atoms with Gasteiger partial charge in [-0.05, 0) is 36.2 Å². The lowest BCUT2D eigenvalue weighted by molar-refractivity contribution is 0.546. The maximum atomic E-state index is 13.6. The molecule has 21 heavy (non-hydrogen) atoms. The van der Waals surface area contributed by atoms with Gasteiger partial charge in [-0.25, -0.2) is 4.39 Å². The van der Waals surface area contributed by atoms with Gasteiger partial charge in [0, 0.05) is 17.4 Å². The molecule has 2 aromatic carbocycles. The van der Waals surface area contributed by atoms with Crippen molar-refractivity contribution in [1.82, 2.24) is 0 Å². The molecule has 0 aliphatic carbocycles. The van der Waals surface area contributed by atoms with Crippen LogP contribution in [0.3, 0.4) is 0 Å². The standard InChI is InChI=1S/C18H18FNO/c1-3-15-17(14-6-4-5-7-16(14)21-15)18(20)12-8-11(2)9-13(19)10-12/h4-10,18H,3,20H2,1-2H3. The third-order valence-corrected chi connectivity index (χ3v) is 3.77. The average Bonchev–Trinajstić information content (AvgIpc) is 2.83. The predicted molar refractivity (Wildman–Crippen MR) is 82.8 cm³/mol. The summed E-state index contributed by atoms with van der Waals surface area (Å²) in [5.41, 5.74) is 9.84. The van der Waals surface area contributed by atoms with Crippen molar-refractivity contribution in [2.45, 2.75) is 26.3 Å². The number of benzene rings is 2. The molecule has 0 aliphatic rings. The van der Waals surface area contributed by atoms with Crippen LogP contribution in [0.5, 0.6) is 0 Å². The van der Waals surface area contributed by atoms with Gasteiger partial charge in [-0.15, -0.1) is 0 Å². The van der Waals surface area contributed by atoms with E-state index in [9.17, 15) is 4.39 Å². The maximum absolute atomic E-state index is 13.6. The normalized spacial score (nSPS) is 12.8. The van der Waals surface area contributed by atoms with Gasteiger partial charge in [0.1, 0.15) is 17.2 Å². The first-order chi connectivity index (χ1) is 10.1. The molecule has 1 heterocycles. The molecule has 108 valence electrons. The summed E-state index contributed by atoms with van der Waals surface area (Å²) in [6, 6.07) is 12.4. The second kappa shape index (κ2) is 5.34. The topological polar surface area (TPSA) is 39.2 Å². The highest BCUT2D eigenvalue weighted by atomic mass is 19.1. The van der Waals surface area contributed by atoms with E-state index in [1.54, 1.807) is 0 Å². The molecule has 0 aliphatic heterocycles. The first-order valence-electron chi connectivity index (χ1n) is 7.13. The van der Waals surface area contributed by atoms with E-state index < -0.39 is 6.04 Å². The van der Waals surface area contributed by atoms with Crippen LogP contribution in [0.1, 0.15) is 35.4 Å². The Morgan fingerprint density at radius 2 is 1.95 bits per heavy atom. The van der Waals surface area contributed by atoms with Gasteiger partial charge >= 0.3 is 0 Å². The number of rotatable bonds is 3. The van der Waals surface area contributed by atoms with E-state index in [1.165, 1.54) is 12.1 Å². The van der Waals surface area contributed by atoms with E-state index >= 15 is 0 Å². The van der Waals surface area contributed by atoms with Crippen LogP contribution in [0.4, 0.5) is 4.39 Å². The first kappa shape index (κ1) is 13.8. The van der Waals surface area contributed by atoms with Crippen LogP contribution in [0.25, 0.3) is 11.0 Å². The van der Waals surface area contributed by atoms with Crippen LogP contribution < -0.4 is 5.73 Å². The Morgan fingerprint density at radius 3 is 2.67 bits per heavy atom. The summed E-state index contributed by atoms with van der Waals surface area (Å²) in [5, 5.41) is 1.00. The first-order valence-corrected chi connectivity index (χ1v) is 7.13. The molecule has 3 rings (SSSR count). The summed E-state index contributed by atoms with van der Waals surface area (Å²) < 4.78 is 19.5. The van der Waals surface area contributed by atoms with Gasteiger partial charge < -0.3 is 10.2 Å². The highest BCUT2D eigenvalue weighted by molar-refractivity contribution is 5.83. The molecule has 2 N–H and O–H groups in total. The molecule has 0 amide bonds.